The summed E-state index contributed by atoms with van der Waals surface area (Å²) in [5, 5.41) is 4.21. The van der Waals surface area contributed by atoms with Gasteiger partial charge in [0.1, 0.15) is 20.0 Å². The maximum Gasteiger partial charge on any atom is 0.345 e. The molecular formula is C11H13N2O+. The molecule has 3 nitrogen and oxygen atoms in total. The predicted molar refractivity (Wildman–Crippen MR) is 54.4 cm³/mol. The molecule has 1 aromatic rings. The molecule has 72 valence electrons. The van der Waals surface area contributed by atoms with Crippen molar-refractivity contribution in [2.24, 2.45) is 5.10 Å². The van der Waals surface area contributed by atoms with Crippen LogP contribution in [0.5, 0.6) is 0 Å². The van der Waals surface area contributed by atoms with Gasteiger partial charge in [-0.15, -0.1) is 4.59 Å². The molecule has 1 aromatic carbocycles. The molecule has 0 spiro atoms. The van der Waals surface area contributed by atoms with Crippen molar-refractivity contribution < 1.29 is 9.39 Å². The third kappa shape index (κ3) is 1.59. The normalized spacial score (nSPS) is 25.6. The van der Waals surface area contributed by atoms with E-state index in [-0.39, 0.29) is 10.5 Å². The molecule has 0 aromatic heterocycles. The van der Waals surface area contributed by atoms with Crippen molar-refractivity contribution in [2.75, 3.05) is 7.05 Å². The molecule has 14 heavy (non-hydrogen) atoms. The fraction of sp³-hybridized carbons (Fsp3) is 0.273. The Labute approximate surface area is 83.2 Å². The third-order valence-electron chi connectivity index (χ3n) is 2.47. The van der Waals surface area contributed by atoms with Crippen LogP contribution in [0.1, 0.15) is 12.0 Å². The Hall–Kier alpha value is -1.48. The third-order valence-corrected chi connectivity index (χ3v) is 2.47. The zero-order chi connectivity index (χ0) is 10.0. The minimum atomic E-state index is 0.157. The Kier molecular flexibility index (Phi) is 2.17. The zero-order valence-electron chi connectivity index (χ0n) is 8.18. The first kappa shape index (κ1) is 9.09. The average Bonchev–Trinajstić information content (AvgIpc) is 2.48. The number of hydrogen-bond acceptors (Lipinski definition) is 2. The molecule has 0 fully saturated rings. The summed E-state index contributed by atoms with van der Waals surface area (Å²) in [5.41, 5.74) is 1.14. The van der Waals surface area contributed by atoms with E-state index in [9.17, 15) is 4.79 Å². The van der Waals surface area contributed by atoms with Crippen molar-refractivity contribution in [1.82, 2.24) is 0 Å². The second kappa shape index (κ2) is 3.35. The largest absolute Gasteiger partial charge is 0.345 e. The van der Waals surface area contributed by atoms with Crippen LogP contribution in [0, 0.1) is 0 Å². The van der Waals surface area contributed by atoms with Crippen LogP contribution in [0.4, 0.5) is 0 Å². The van der Waals surface area contributed by atoms with E-state index in [1.54, 1.807) is 6.21 Å². The molecule has 1 heterocycles. The van der Waals surface area contributed by atoms with E-state index in [1.807, 2.05) is 37.4 Å². The van der Waals surface area contributed by atoms with Gasteiger partial charge in [-0.05, 0) is 0 Å². The topological polar surface area (TPSA) is 29.4 Å². The van der Waals surface area contributed by atoms with Crippen molar-refractivity contribution in [3.63, 3.8) is 0 Å². The van der Waals surface area contributed by atoms with Crippen LogP contribution in [0.3, 0.4) is 0 Å². The molecule has 1 unspecified atom stereocenters. The summed E-state index contributed by atoms with van der Waals surface area (Å²) in [7, 11) is 1.85. The molecule has 1 aliphatic heterocycles. The molecule has 0 N–H and O–H groups in total. The van der Waals surface area contributed by atoms with Crippen LogP contribution in [0.25, 0.3) is 0 Å². The van der Waals surface area contributed by atoms with Gasteiger partial charge >= 0.3 is 5.91 Å². The van der Waals surface area contributed by atoms with Gasteiger partial charge in [0.05, 0.1) is 6.21 Å². The summed E-state index contributed by atoms with van der Waals surface area (Å²) in [6.45, 7) is 0.649. The van der Waals surface area contributed by atoms with E-state index < -0.39 is 0 Å². The van der Waals surface area contributed by atoms with Gasteiger partial charge in [0.15, 0.2) is 0 Å². The highest BCUT2D eigenvalue weighted by atomic mass is 16.2. The van der Waals surface area contributed by atoms with Crippen LogP contribution >= 0.6 is 0 Å². The van der Waals surface area contributed by atoms with Gasteiger partial charge in [0.25, 0.3) is 0 Å². The minimum absolute atomic E-state index is 0.157. The Morgan fingerprint density at radius 2 is 2.07 bits per heavy atom. The molecule has 0 radical (unpaired) electrons. The van der Waals surface area contributed by atoms with Gasteiger partial charge < -0.3 is 0 Å². The van der Waals surface area contributed by atoms with Crippen molar-refractivity contribution in [3.05, 3.63) is 35.9 Å². The summed E-state index contributed by atoms with van der Waals surface area (Å²) in [4.78, 5) is 11.5. The highest BCUT2D eigenvalue weighted by Gasteiger charge is 2.35. The lowest BCUT2D eigenvalue weighted by molar-refractivity contribution is -0.850. The quantitative estimate of drug-likeness (QED) is 0.649. The molecule has 1 atom stereocenters. The molecular weight excluding hydrogens is 176 g/mol. The number of benzene rings is 1. The predicted octanol–water partition coefficient (Wildman–Crippen LogP) is 1.55. The van der Waals surface area contributed by atoms with Gasteiger partial charge in [-0.2, -0.15) is 0 Å². The van der Waals surface area contributed by atoms with E-state index in [4.69, 9.17) is 0 Å². The monoisotopic (exact) mass is 189 g/mol. The number of carbonyl (C=O) groups is 1. The van der Waals surface area contributed by atoms with Gasteiger partial charge in [-0.3, -0.25) is 0 Å². The molecule has 1 amide bonds. The SMILES string of the molecule is C[N+]1(Cc2ccccc2)N=CCC1=O. The number of nitrogens with zero attached hydrogens (tertiary/aromatic N) is 2. The molecule has 2 rings (SSSR count). The zero-order valence-corrected chi connectivity index (χ0v) is 8.18. The highest BCUT2D eigenvalue weighted by Crippen LogP contribution is 2.18. The van der Waals surface area contributed by atoms with Gasteiger partial charge in [-0.1, -0.05) is 35.4 Å². The van der Waals surface area contributed by atoms with Crippen LogP contribution in [-0.4, -0.2) is 23.8 Å². The standard InChI is InChI=1S/C11H13N2O/c1-13(11(14)7-8-12-13)9-10-5-3-2-4-6-10/h2-6,8H,7,9H2,1H3/q+1. The summed E-state index contributed by atoms with van der Waals surface area (Å²) in [5.74, 6) is 0.161. The van der Waals surface area contributed by atoms with Crippen LogP contribution < -0.4 is 0 Å². The van der Waals surface area contributed by atoms with Gasteiger partial charge in [-0.25, -0.2) is 4.79 Å². The van der Waals surface area contributed by atoms with Crippen molar-refractivity contribution >= 4 is 12.1 Å². The molecule has 0 saturated heterocycles. The van der Waals surface area contributed by atoms with E-state index in [0.717, 1.165) is 5.56 Å². The fourth-order valence-electron chi connectivity index (χ4n) is 1.63. The van der Waals surface area contributed by atoms with E-state index >= 15 is 0 Å². The minimum Gasteiger partial charge on any atom is -0.228 e. The molecule has 0 bridgehead atoms. The Morgan fingerprint density at radius 1 is 1.36 bits per heavy atom. The Morgan fingerprint density at radius 3 is 2.64 bits per heavy atom. The van der Waals surface area contributed by atoms with Crippen molar-refractivity contribution in [3.8, 4) is 0 Å². The molecule has 1 aliphatic rings. The number of rotatable bonds is 2. The van der Waals surface area contributed by atoms with E-state index in [0.29, 0.717) is 13.0 Å². The molecule has 0 saturated carbocycles. The lowest BCUT2D eigenvalue weighted by Crippen LogP contribution is -2.40. The second-order valence-corrected chi connectivity index (χ2v) is 3.68. The summed E-state index contributed by atoms with van der Waals surface area (Å²) in [6.07, 6.45) is 2.16. The van der Waals surface area contributed by atoms with Crippen LogP contribution in [0.2, 0.25) is 0 Å². The summed E-state index contributed by atoms with van der Waals surface area (Å²) < 4.78 is 0.157. The van der Waals surface area contributed by atoms with E-state index in [2.05, 4.69) is 5.10 Å². The first-order chi connectivity index (χ1) is 6.71. The van der Waals surface area contributed by atoms with E-state index in [1.165, 1.54) is 0 Å². The maximum atomic E-state index is 11.5. The second-order valence-electron chi connectivity index (χ2n) is 3.68. The highest BCUT2D eigenvalue weighted by molar-refractivity contribution is 5.88. The number of carbonyl (C=O) groups excluding carboxylic acids is 1. The Bertz CT molecular complexity index is 372. The summed E-state index contributed by atoms with van der Waals surface area (Å²) >= 11 is 0. The first-order valence-corrected chi connectivity index (χ1v) is 4.68. The van der Waals surface area contributed by atoms with Crippen molar-refractivity contribution in [2.45, 2.75) is 13.0 Å². The van der Waals surface area contributed by atoms with Crippen LogP contribution in [-0.2, 0) is 11.3 Å². The van der Waals surface area contributed by atoms with Gasteiger partial charge in [0.2, 0.25) is 0 Å². The number of hydrogen-bond donors (Lipinski definition) is 0. The Balaban J connectivity index is 2.19. The van der Waals surface area contributed by atoms with Gasteiger partial charge in [0, 0.05) is 5.56 Å². The van der Waals surface area contributed by atoms with Crippen molar-refractivity contribution in [1.29, 1.82) is 0 Å². The lowest BCUT2D eigenvalue weighted by Gasteiger charge is -2.20. The smallest absolute Gasteiger partial charge is 0.228 e. The fourth-order valence-corrected chi connectivity index (χ4v) is 1.63. The maximum absolute atomic E-state index is 11.5. The number of quaternary nitrogens is 1. The lowest BCUT2D eigenvalue weighted by atomic mass is 10.2. The average molecular weight is 189 g/mol. The molecule has 3 heteroatoms. The van der Waals surface area contributed by atoms with Crippen LogP contribution in [0.15, 0.2) is 35.4 Å². The number of amides is 1. The first-order valence-electron chi connectivity index (χ1n) is 4.68. The summed E-state index contributed by atoms with van der Waals surface area (Å²) in [6, 6.07) is 9.96. The molecule has 0 aliphatic carbocycles.